The molecule has 3 rings (SSSR count). The third-order valence-electron chi connectivity index (χ3n) is 2.83. The van der Waals surface area contributed by atoms with Crippen molar-refractivity contribution in [3.63, 3.8) is 0 Å². The van der Waals surface area contributed by atoms with Crippen molar-refractivity contribution in [1.82, 2.24) is 10.4 Å². The van der Waals surface area contributed by atoms with Crippen LogP contribution >= 0.6 is 0 Å². The Kier molecular flexibility index (Phi) is 8.22. The summed E-state index contributed by atoms with van der Waals surface area (Å²) in [5.74, 6) is 0. The van der Waals surface area contributed by atoms with Gasteiger partial charge >= 0.3 is 95.3 Å². The van der Waals surface area contributed by atoms with Gasteiger partial charge in [-0.2, -0.15) is 5.10 Å². The summed E-state index contributed by atoms with van der Waals surface area (Å²) < 4.78 is 3.04. The van der Waals surface area contributed by atoms with Gasteiger partial charge in [0.2, 0.25) is 0 Å². The number of benzene rings is 2. The Hall–Kier alpha value is -2.65. The monoisotopic (exact) mass is 439 g/mol. The molecular formula is C19H18N4OSb. The molecule has 0 aliphatic carbocycles. The van der Waals surface area contributed by atoms with Crippen LogP contribution in [0.25, 0.3) is 0 Å². The number of pyridine rings is 1. The van der Waals surface area contributed by atoms with E-state index in [0.29, 0.717) is 5.69 Å². The summed E-state index contributed by atoms with van der Waals surface area (Å²) in [4.78, 5) is 14.1. The second-order valence-electron chi connectivity index (χ2n) is 4.77. The van der Waals surface area contributed by atoms with Crippen LogP contribution in [-0.2, 0) is 0 Å². The van der Waals surface area contributed by atoms with Gasteiger partial charge in [-0.25, -0.2) is 10.2 Å². The number of nitrogens with two attached hydrogens (primary N) is 1. The molecule has 0 unspecified atom stereocenters. The zero-order valence-electron chi connectivity index (χ0n) is 13.5. The molecule has 0 spiro atoms. The number of aromatic nitrogens is 1. The summed E-state index contributed by atoms with van der Waals surface area (Å²) in [5.41, 5.74) is 7.49. The number of primary amides is 1. The van der Waals surface area contributed by atoms with E-state index < -0.39 is 6.03 Å². The van der Waals surface area contributed by atoms with E-state index in [4.69, 9.17) is 5.73 Å². The van der Waals surface area contributed by atoms with E-state index in [1.54, 1.807) is 18.3 Å². The maximum absolute atomic E-state index is 10.2. The SMILES string of the molecule is NC(=O)N/N=C/c1ccccn1.c1cc[c]([Sb][c]2ccccc2)cc1. The molecule has 6 heteroatoms. The molecule has 0 saturated heterocycles. The number of urea groups is 1. The summed E-state index contributed by atoms with van der Waals surface area (Å²) in [5, 5.41) is 3.53. The first-order valence-electron chi connectivity index (χ1n) is 7.55. The molecule has 0 saturated carbocycles. The molecule has 2 amide bonds. The number of hydrogen-bond donors (Lipinski definition) is 2. The fraction of sp³-hybridized carbons (Fsp3) is 0. The van der Waals surface area contributed by atoms with Gasteiger partial charge in [0.15, 0.2) is 0 Å². The number of rotatable bonds is 4. The van der Waals surface area contributed by atoms with Gasteiger partial charge in [0.1, 0.15) is 0 Å². The molecule has 1 radical (unpaired) electrons. The Morgan fingerprint density at radius 3 is 1.96 bits per heavy atom. The van der Waals surface area contributed by atoms with Crippen molar-refractivity contribution in [3.05, 3.63) is 90.8 Å². The Bertz CT molecular complexity index is 743. The average Bonchev–Trinajstić information content (AvgIpc) is 2.65. The number of amides is 2. The van der Waals surface area contributed by atoms with E-state index in [2.05, 4.69) is 76.2 Å². The van der Waals surface area contributed by atoms with E-state index in [-0.39, 0.29) is 21.6 Å². The Morgan fingerprint density at radius 2 is 1.48 bits per heavy atom. The molecule has 1 aromatic heterocycles. The van der Waals surface area contributed by atoms with Gasteiger partial charge in [-0.1, -0.05) is 6.07 Å². The van der Waals surface area contributed by atoms with E-state index in [1.165, 1.54) is 13.2 Å². The number of nitrogens with zero attached hydrogens (tertiary/aromatic N) is 2. The number of hydrogen-bond acceptors (Lipinski definition) is 3. The molecule has 0 aliphatic rings. The van der Waals surface area contributed by atoms with Crippen molar-refractivity contribution in [2.75, 3.05) is 0 Å². The molecule has 125 valence electrons. The molecule has 1 heterocycles. The first-order chi connectivity index (χ1) is 12.2. The van der Waals surface area contributed by atoms with Crippen molar-refractivity contribution in [1.29, 1.82) is 0 Å². The van der Waals surface area contributed by atoms with Crippen LogP contribution in [0.15, 0.2) is 90.2 Å². The van der Waals surface area contributed by atoms with E-state index >= 15 is 0 Å². The number of hydrazone groups is 1. The van der Waals surface area contributed by atoms with Crippen molar-refractivity contribution >= 4 is 40.9 Å². The second kappa shape index (κ2) is 11.0. The van der Waals surface area contributed by atoms with Crippen LogP contribution in [-0.4, -0.2) is 38.8 Å². The summed E-state index contributed by atoms with van der Waals surface area (Å²) in [6.45, 7) is 0. The van der Waals surface area contributed by atoms with Gasteiger partial charge in [0.25, 0.3) is 0 Å². The van der Waals surface area contributed by atoms with Crippen LogP contribution in [0.3, 0.4) is 0 Å². The van der Waals surface area contributed by atoms with Crippen LogP contribution in [0.4, 0.5) is 4.79 Å². The minimum atomic E-state index is -0.692. The predicted octanol–water partition coefficient (Wildman–Crippen LogP) is 1.43. The topological polar surface area (TPSA) is 80.4 Å². The van der Waals surface area contributed by atoms with Gasteiger partial charge < -0.3 is 5.73 Å². The molecule has 5 nitrogen and oxygen atoms in total. The molecule has 0 bridgehead atoms. The second-order valence-corrected chi connectivity index (χ2v) is 8.36. The van der Waals surface area contributed by atoms with Crippen molar-refractivity contribution in [3.8, 4) is 0 Å². The van der Waals surface area contributed by atoms with Crippen molar-refractivity contribution < 1.29 is 4.79 Å². The Balaban J connectivity index is 0.000000181. The van der Waals surface area contributed by atoms with E-state index in [0.717, 1.165) is 0 Å². The maximum atomic E-state index is 10.2. The third-order valence-corrected chi connectivity index (χ3v) is 6.01. The van der Waals surface area contributed by atoms with Gasteiger partial charge in [0.05, 0.1) is 11.9 Å². The first kappa shape index (κ1) is 18.7. The summed E-state index contributed by atoms with van der Waals surface area (Å²) >= 11 is -0.335. The fourth-order valence-electron chi connectivity index (χ4n) is 1.77. The number of carbonyl (C=O) groups excluding carboxylic acids is 1. The quantitative estimate of drug-likeness (QED) is 0.366. The Labute approximate surface area is 157 Å². The molecular weight excluding hydrogens is 422 g/mol. The van der Waals surface area contributed by atoms with Crippen LogP contribution in [0, 0.1) is 0 Å². The molecule has 25 heavy (non-hydrogen) atoms. The van der Waals surface area contributed by atoms with Gasteiger partial charge in [-0.15, -0.1) is 0 Å². The van der Waals surface area contributed by atoms with Crippen molar-refractivity contribution in [2.24, 2.45) is 10.8 Å². The molecule has 0 atom stereocenters. The third kappa shape index (κ3) is 8.13. The average molecular weight is 440 g/mol. The van der Waals surface area contributed by atoms with Gasteiger partial charge in [-0.3, -0.25) is 4.98 Å². The van der Waals surface area contributed by atoms with Crippen LogP contribution in [0.1, 0.15) is 5.69 Å². The first-order valence-corrected chi connectivity index (χ1v) is 10.1. The Morgan fingerprint density at radius 1 is 0.920 bits per heavy atom. The van der Waals surface area contributed by atoms with E-state index in [1.807, 2.05) is 6.07 Å². The van der Waals surface area contributed by atoms with Crippen molar-refractivity contribution in [2.45, 2.75) is 0 Å². The summed E-state index contributed by atoms with van der Waals surface area (Å²) in [6.07, 6.45) is 3.04. The zero-order chi connectivity index (χ0) is 17.7. The fourth-order valence-corrected chi connectivity index (χ4v) is 4.45. The van der Waals surface area contributed by atoms with Gasteiger partial charge in [0, 0.05) is 6.20 Å². The normalized spacial score (nSPS) is 9.92. The summed E-state index contributed by atoms with van der Waals surface area (Å²) in [6, 6.07) is 26.2. The molecule has 3 aromatic rings. The predicted molar refractivity (Wildman–Crippen MR) is 102 cm³/mol. The van der Waals surface area contributed by atoms with Crippen LogP contribution in [0.5, 0.6) is 0 Å². The molecule has 0 aliphatic heterocycles. The number of carbonyl (C=O) groups is 1. The standard InChI is InChI=1S/C7H8N4O.2C6H5.Sb/c8-7(12)11-10-5-6-3-1-2-4-9-6;2*1-2-4-6-5-3-1;/h1-5H,(H3,8,11,12);2*1-5H;/b10-5+;;;. The minimum absolute atomic E-state index is 0.335. The zero-order valence-corrected chi connectivity index (χ0v) is 16.0. The number of nitrogens with one attached hydrogen (secondary N) is 1. The summed E-state index contributed by atoms with van der Waals surface area (Å²) in [7, 11) is 0. The molecule has 0 fully saturated rings. The van der Waals surface area contributed by atoms with E-state index in [9.17, 15) is 4.79 Å². The molecule has 3 N–H and O–H groups in total. The van der Waals surface area contributed by atoms with Gasteiger partial charge in [-0.05, 0) is 12.1 Å². The van der Waals surface area contributed by atoms with Crippen LogP contribution < -0.4 is 18.2 Å². The molecule has 2 aromatic carbocycles. The van der Waals surface area contributed by atoms with Crippen LogP contribution in [0.2, 0.25) is 0 Å².